The van der Waals surface area contributed by atoms with Crippen molar-refractivity contribution < 1.29 is 9.53 Å². The Labute approximate surface area is 158 Å². The molecule has 1 aliphatic rings. The van der Waals surface area contributed by atoms with Crippen molar-refractivity contribution in [1.82, 2.24) is 15.0 Å². The summed E-state index contributed by atoms with van der Waals surface area (Å²) in [6.45, 7) is 4.26. The fraction of sp³-hybridized carbons (Fsp3) is 0.300. The Morgan fingerprint density at radius 3 is 2.59 bits per heavy atom. The molecule has 0 bridgehead atoms. The lowest BCUT2D eigenvalue weighted by Gasteiger charge is -2.12. The van der Waals surface area contributed by atoms with Crippen LogP contribution in [0.1, 0.15) is 26.7 Å². The fourth-order valence-electron chi connectivity index (χ4n) is 2.41. The summed E-state index contributed by atoms with van der Waals surface area (Å²) in [5.74, 6) is 1.21. The van der Waals surface area contributed by atoms with Crippen molar-refractivity contribution in [2.45, 2.75) is 26.7 Å². The highest BCUT2D eigenvalue weighted by Crippen LogP contribution is 2.19. The topological polar surface area (TPSA) is 89.0 Å². The molecule has 0 saturated heterocycles. The molecule has 0 saturated carbocycles. The van der Waals surface area contributed by atoms with Gasteiger partial charge in [-0.2, -0.15) is 15.0 Å². The molecule has 1 heterocycles. The molecule has 7 heteroatoms. The second-order valence-corrected chi connectivity index (χ2v) is 6.55. The second-order valence-electron chi connectivity index (χ2n) is 6.55. The molecule has 0 spiro atoms. The Kier molecular flexibility index (Phi) is 6.14. The van der Waals surface area contributed by atoms with E-state index in [1.54, 1.807) is 0 Å². The minimum Gasteiger partial charge on any atom is -0.449 e. The molecule has 140 valence electrons. The third-order valence-electron chi connectivity index (χ3n) is 3.68. The lowest BCUT2D eigenvalue weighted by molar-refractivity contribution is 0.147. The van der Waals surface area contributed by atoms with Gasteiger partial charge in [0.25, 0.3) is 0 Å². The number of hydrogen-bond donors (Lipinski definition) is 2. The van der Waals surface area contributed by atoms with Gasteiger partial charge >= 0.3 is 6.09 Å². The summed E-state index contributed by atoms with van der Waals surface area (Å²) >= 11 is 0. The van der Waals surface area contributed by atoms with E-state index >= 15 is 0 Å². The van der Waals surface area contributed by atoms with Gasteiger partial charge in [-0.05, 0) is 24.8 Å². The standard InChI is InChI=1S/C20H23N5O2/c1-14(2)13-27-20(26)25-19-23-17(15-9-5-3-6-10-15)22-18(24-19)21-16-11-7-4-8-12-16/h3,5-7,9-12,14H,4,8,13H2,1-2H3,(H2,21,22,23,24,25,26). The number of nitrogens with one attached hydrogen (secondary N) is 2. The van der Waals surface area contributed by atoms with E-state index in [1.165, 1.54) is 0 Å². The van der Waals surface area contributed by atoms with Crippen molar-refractivity contribution in [2.24, 2.45) is 5.92 Å². The fourth-order valence-corrected chi connectivity index (χ4v) is 2.41. The summed E-state index contributed by atoms with van der Waals surface area (Å²) in [4.78, 5) is 25.1. The van der Waals surface area contributed by atoms with Crippen LogP contribution < -0.4 is 10.6 Å². The van der Waals surface area contributed by atoms with Gasteiger partial charge in [0.1, 0.15) is 0 Å². The van der Waals surface area contributed by atoms with Crippen LogP contribution in [0.25, 0.3) is 11.4 Å². The first kappa shape index (κ1) is 18.6. The maximum Gasteiger partial charge on any atom is 0.414 e. The molecule has 1 aromatic heterocycles. The van der Waals surface area contributed by atoms with Crippen molar-refractivity contribution in [3.8, 4) is 11.4 Å². The number of ether oxygens (including phenoxy) is 1. The molecule has 2 N–H and O–H groups in total. The molecule has 1 amide bonds. The van der Waals surface area contributed by atoms with Gasteiger partial charge in [-0.3, -0.25) is 5.32 Å². The highest BCUT2D eigenvalue weighted by atomic mass is 16.5. The average Bonchev–Trinajstić information content (AvgIpc) is 2.68. The van der Waals surface area contributed by atoms with Crippen LogP contribution in [0, 0.1) is 5.92 Å². The number of rotatable bonds is 6. The van der Waals surface area contributed by atoms with Crippen LogP contribution in [-0.2, 0) is 4.74 Å². The number of anilines is 2. The summed E-state index contributed by atoms with van der Waals surface area (Å²) < 4.78 is 5.15. The quantitative estimate of drug-likeness (QED) is 0.789. The first-order valence-corrected chi connectivity index (χ1v) is 8.99. The van der Waals surface area contributed by atoms with Crippen molar-refractivity contribution >= 4 is 18.0 Å². The second kappa shape index (κ2) is 8.93. The molecule has 0 fully saturated rings. The van der Waals surface area contributed by atoms with Gasteiger partial charge in [0, 0.05) is 11.3 Å². The Morgan fingerprint density at radius 2 is 1.89 bits per heavy atom. The van der Waals surface area contributed by atoms with Crippen LogP contribution in [-0.4, -0.2) is 27.7 Å². The van der Waals surface area contributed by atoms with E-state index in [2.05, 4.69) is 37.7 Å². The first-order chi connectivity index (χ1) is 13.1. The molecular formula is C20H23N5O2. The number of nitrogens with zero attached hydrogens (tertiary/aromatic N) is 3. The number of carbonyl (C=O) groups excluding carboxylic acids is 1. The molecule has 1 aromatic carbocycles. The Balaban J connectivity index is 1.85. The van der Waals surface area contributed by atoms with Crippen molar-refractivity contribution in [3.05, 3.63) is 54.3 Å². The average molecular weight is 365 g/mol. The van der Waals surface area contributed by atoms with Gasteiger partial charge in [-0.25, -0.2) is 4.79 Å². The maximum absolute atomic E-state index is 12.0. The number of benzene rings is 1. The largest absolute Gasteiger partial charge is 0.449 e. The molecule has 0 radical (unpaired) electrons. The van der Waals surface area contributed by atoms with Crippen LogP contribution in [0.4, 0.5) is 16.7 Å². The van der Waals surface area contributed by atoms with E-state index in [4.69, 9.17) is 4.74 Å². The molecular weight excluding hydrogens is 342 g/mol. The monoisotopic (exact) mass is 365 g/mol. The summed E-state index contributed by atoms with van der Waals surface area (Å²) in [5, 5.41) is 5.76. The zero-order valence-corrected chi connectivity index (χ0v) is 15.5. The summed E-state index contributed by atoms with van der Waals surface area (Å²) in [6.07, 6.45) is 7.55. The van der Waals surface area contributed by atoms with Crippen molar-refractivity contribution in [1.29, 1.82) is 0 Å². The summed E-state index contributed by atoms with van der Waals surface area (Å²) in [6, 6.07) is 9.54. The van der Waals surface area contributed by atoms with Crippen molar-refractivity contribution in [2.75, 3.05) is 17.2 Å². The molecule has 27 heavy (non-hydrogen) atoms. The Hall–Kier alpha value is -3.22. The lowest BCUT2D eigenvalue weighted by atomic mass is 10.1. The minimum atomic E-state index is -0.586. The van der Waals surface area contributed by atoms with Gasteiger partial charge in [-0.15, -0.1) is 0 Å². The van der Waals surface area contributed by atoms with E-state index < -0.39 is 6.09 Å². The van der Waals surface area contributed by atoms with Crippen LogP contribution >= 0.6 is 0 Å². The van der Waals surface area contributed by atoms with E-state index in [-0.39, 0.29) is 11.9 Å². The smallest absolute Gasteiger partial charge is 0.414 e. The zero-order chi connectivity index (χ0) is 19.1. The molecule has 0 aliphatic heterocycles. The van der Waals surface area contributed by atoms with Gasteiger partial charge in [-0.1, -0.05) is 56.3 Å². The highest BCUT2D eigenvalue weighted by Gasteiger charge is 2.13. The number of amides is 1. The molecule has 2 aromatic rings. The number of carbonyl (C=O) groups is 1. The van der Waals surface area contributed by atoms with Gasteiger partial charge in [0.15, 0.2) is 5.82 Å². The Bertz CT molecular complexity index is 847. The van der Waals surface area contributed by atoms with E-state index in [0.717, 1.165) is 24.1 Å². The summed E-state index contributed by atoms with van der Waals surface area (Å²) in [7, 11) is 0. The number of allylic oxidation sites excluding steroid dienone is 3. The highest BCUT2D eigenvalue weighted by molar-refractivity contribution is 5.82. The van der Waals surface area contributed by atoms with Gasteiger partial charge < -0.3 is 10.1 Å². The van der Waals surface area contributed by atoms with Gasteiger partial charge in [0.2, 0.25) is 11.9 Å². The van der Waals surface area contributed by atoms with Crippen molar-refractivity contribution in [3.63, 3.8) is 0 Å². The molecule has 3 rings (SSSR count). The van der Waals surface area contributed by atoms with Crippen LogP contribution in [0.2, 0.25) is 0 Å². The van der Waals surface area contributed by atoms with Crippen LogP contribution in [0.5, 0.6) is 0 Å². The van der Waals surface area contributed by atoms with E-state index in [9.17, 15) is 4.79 Å². The third-order valence-corrected chi connectivity index (χ3v) is 3.68. The first-order valence-electron chi connectivity index (χ1n) is 8.99. The van der Waals surface area contributed by atoms with E-state index in [1.807, 2.05) is 50.3 Å². The molecule has 1 aliphatic carbocycles. The molecule has 0 unspecified atom stereocenters. The predicted molar refractivity (Wildman–Crippen MR) is 105 cm³/mol. The molecule has 7 nitrogen and oxygen atoms in total. The van der Waals surface area contributed by atoms with Crippen LogP contribution in [0.15, 0.2) is 54.3 Å². The number of aromatic nitrogens is 3. The Morgan fingerprint density at radius 1 is 1.11 bits per heavy atom. The maximum atomic E-state index is 12.0. The predicted octanol–water partition coefficient (Wildman–Crippen LogP) is 4.39. The third kappa shape index (κ3) is 5.64. The number of hydrogen-bond acceptors (Lipinski definition) is 6. The summed E-state index contributed by atoms with van der Waals surface area (Å²) in [5.41, 5.74) is 1.74. The lowest BCUT2D eigenvalue weighted by Crippen LogP contribution is -2.19. The zero-order valence-electron chi connectivity index (χ0n) is 15.5. The minimum absolute atomic E-state index is 0.139. The normalized spacial score (nSPS) is 13.2. The van der Waals surface area contributed by atoms with Gasteiger partial charge in [0.05, 0.1) is 6.61 Å². The van der Waals surface area contributed by atoms with E-state index in [0.29, 0.717) is 18.4 Å². The SMILES string of the molecule is CC(C)COC(=O)Nc1nc(NC2=CCCC=C2)nc(-c2ccccc2)n1. The van der Waals surface area contributed by atoms with Crippen LogP contribution in [0.3, 0.4) is 0 Å². The molecule has 0 atom stereocenters.